The van der Waals surface area contributed by atoms with Gasteiger partial charge in [-0.2, -0.15) is 0 Å². The van der Waals surface area contributed by atoms with Crippen LogP contribution in [0.5, 0.6) is 0 Å². The number of methoxy groups -OCH3 is 1. The molecule has 4 heteroatoms. The fourth-order valence-electron chi connectivity index (χ4n) is 1.99. The monoisotopic (exact) mass is 307 g/mol. The molecule has 0 saturated heterocycles. The molecule has 2 aromatic carbocycles. The molecule has 0 radical (unpaired) electrons. The van der Waals surface area contributed by atoms with Crippen molar-refractivity contribution in [2.24, 2.45) is 0 Å². The van der Waals surface area contributed by atoms with Crippen LogP contribution in [0.2, 0.25) is 0 Å². The van der Waals surface area contributed by atoms with Crippen molar-refractivity contribution in [1.29, 1.82) is 0 Å². The van der Waals surface area contributed by atoms with Crippen molar-refractivity contribution < 1.29 is 14.3 Å². The Morgan fingerprint density at radius 3 is 2.52 bits per heavy atom. The molecular formula is C19H17NO3. The number of ketones is 1. The molecule has 0 aliphatic carbocycles. The van der Waals surface area contributed by atoms with Crippen LogP contribution in [0.4, 0.5) is 5.69 Å². The fraction of sp³-hybridized carbons (Fsp3) is 0.158. The number of nitrogens with two attached hydrogens (primary N) is 1. The van der Waals surface area contributed by atoms with Gasteiger partial charge in [-0.25, -0.2) is 0 Å². The summed E-state index contributed by atoms with van der Waals surface area (Å²) in [4.78, 5) is 23.4. The second-order valence-electron chi connectivity index (χ2n) is 4.88. The smallest absolute Gasteiger partial charge is 0.306 e. The van der Waals surface area contributed by atoms with Crippen LogP contribution in [0, 0.1) is 11.8 Å². The zero-order valence-corrected chi connectivity index (χ0v) is 12.8. The lowest BCUT2D eigenvalue weighted by Crippen LogP contribution is -2.02. The van der Waals surface area contributed by atoms with Gasteiger partial charge in [0.15, 0.2) is 5.78 Å². The number of carbonyl (C=O) groups is 2. The molecule has 0 fully saturated rings. The fourth-order valence-corrected chi connectivity index (χ4v) is 1.99. The minimum Gasteiger partial charge on any atom is -0.469 e. The number of hydrogen-bond acceptors (Lipinski definition) is 4. The Kier molecular flexibility index (Phi) is 5.54. The van der Waals surface area contributed by atoms with E-state index in [0.717, 1.165) is 0 Å². The van der Waals surface area contributed by atoms with Crippen molar-refractivity contribution in [2.75, 3.05) is 12.8 Å². The summed E-state index contributed by atoms with van der Waals surface area (Å²) in [7, 11) is 1.34. The number of esters is 1. The van der Waals surface area contributed by atoms with E-state index in [1.807, 2.05) is 18.2 Å². The number of ether oxygens (including phenoxy) is 1. The van der Waals surface area contributed by atoms with Gasteiger partial charge < -0.3 is 10.5 Å². The summed E-state index contributed by atoms with van der Waals surface area (Å²) in [5.74, 6) is 5.39. The number of rotatable bonds is 4. The molecule has 0 aliphatic rings. The first-order chi connectivity index (χ1) is 11.1. The lowest BCUT2D eigenvalue weighted by molar-refractivity contribution is -0.140. The van der Waals surface area contributed by atoms with Crippen molar-refractivity contribution in [2.45, 2.75) is 12.8 Å². The highest BCUT2D eigenvalue weighted by atomic mass is 16.5. The maximum absolute atomic E-state index is 12.4. The lowest BCUT2D eigenvalue weighted by Gasteiger charge is -2.04. The first-order valence-corrected chi connectivity index (χ1v) is 7.17. The van der Waals surface area contributed by atoms with Crippen LogP contribution < -0.4 is 5.73 Å². The third-order valence-electron chi connectivity index (χ3n) is 3.26. The molecule has 2 rings (SSSR count). The van der Waals surface area contributed by atoms with Crippen LogP contribution in [0.1, 0.15) is 34.3 Å². The van der Waals surface area contributed by atoms with Crippen LogP contribution in [0.3, 0.4) is 0 Å². The Labute approximate surface area is 135 Å². The Morgan fingerprint density at radius 2 is 1.83 bits per heavy atom. The van der Waals surface area contributed by atoms with Crippen LogP contribution >= 0.6 is 0 Å². The van der Waals surface area contributed by atoms with Gasteiger partial charge in [0.1, 0.15) is 0 Å². The Balaban J connectivity index is 2.18. The highest BCUT2D eigenvalue weighted by Gasteiger charge is 2.09. The predicted molar refractivity (Wildman–Crippen MR) is 88.9 cm³/mol. The molecule has 4 nitrogen and oxygen atoms in total. The molecular weight excluding hydrogens is 290 g/mol. The van der Waals surface area contributed by atoms with Gasteiger partial charge in [-0.1, -0.05) is 42.2 Å². The van der Waals surface area contributed by atoms with Gasteiger partial charge in [0.25, 0.3) is 0 Å². The minimum absolute atomic E-state index is 0.0804. The van der Waals surface area contributed by atoms with Crippen molar-refractivity contribution >= 4 is 17.4 Å². The predicted octanol–water partition coefficient (Wildman–Crippen LogP) is 2.80. The SMILES string of the molecule is COC(=O)CCC#Cc1cc(C(=O)c2ccccc2)ccc1N. The molecule has 0 heterocycles. The normalized spacial score (nSPS) is 9.61. The standard InChI is InChI=1S/C19H17NO3/c1-23-18(21)10-6-5-9-15-13-16(11-12-17(15)20)19(22)14-7-3-2-4-8-14/h2-4,7-8,11-13H,6,10,20H2,1H3. The molecule has 0 bridgehead atoms. The van der Waals surface area contributed by atoms with Gasteiger partial charge in [-0.05, 0) is 18.2 Å². The Morgan fingerprint density at radius 1 is 1.09 bits per heavy atom. The molecule has 0 unspecified atom stereocenters. The minimum atomic E-state index is -0.305. The van der Waals surface area contributed by atoms with E-state index in [4.69, 9.17) is 5.73 Å². The number of benzene rings is 2. The average molecular weight is 307 g/mol. The summed E-state index contributed by atoms with van der Waals surface area (Å²) < 4.78 is 4.55. The second-order valence-corrected chi connectivity index (χ2v) is 4.88. The molecule has 0 aromatic heterocycles. The topological polar surface area (TPSA) is 69.4 Å². The number of anilines is 1. The maximum atomic E-state index is 12.4. The van der Waals surface area contributed by atoms with Crippen molar-refractivity contribution in [1.82, 2.24) is 0 Å². The molecule has 116 valence electrons. The summed E-state index contributed by atoms with van der Waals surface area (Å²) in [6.07, 6.45) is 0.606. The summed E-state index contributed by atoms with van der Waals surface area (Å²) in [6.45, 7) is 0. The van der Waals surface area contributed by atoms with Gasteiger partial charge in [-0.15, -0.1) is 0 Å². The number of hydrogen-bond donors (Lipinski definition) is 1. The molecule has 2 aromatic rings. The van der Waals surface area contributed by atoms with E-state index in [9.17, 15) is 9.59 Å². The summed E-state index contributed by atoms with van der Waals surface area (Å²) in [5, 5.41) is 0. The second kappa shape index (κ2) is 7.81. The highest BCUT2D eigenvalue weighted by Crippen LogP contribution is 2.16. The largest absolute Gasteiger partial charge is 0.469 e. The van der Waals surface area contributed by atoms with Crippen LogP contribution in [-0.4, -0.2) is 18.9 Å². The van der Waals surface area contributed by atoms with E-state index in [1.54, 1.807) is 30.3 Å². The third-order valence-corrected chi connectivity index (χ3v) is 3.26. The summed E-state index contributed by atoms with van der Waals surface area (Å²) in [5.41, 5.74) is 8.11. The zero-order chi connectivity index (χ0) is 16.7. The van der Waals surface area contributed by atoms with E-state index in [0.29, 0.717) is 28.8 Å². The summed E-state index contributed by atoms with van der Waals surface area (Å²) in [6, 6.07) is 14.1. The van der Waals surface area contributed by atoms with Crippen molar-refractivity contribution in [3.8, 4) is 11.8 Å². The molecule has 0 saturated carbocycles. The molecule has 0 spiro atoms. The molecule has 0 aliphatic heterocycles. The van der Waals surface area contributed by atoms with Gasteiger partial charge in [0.2, 0.25) is 0 Å². The van der Waals surface area contributed by atoms with E-state index in [-0.39, 0.29) is 18.2 Å². The highest BCUT2D eigenvalue weighted by molar-refractivity contribution is 6.09. The first kappa shape index (κ1) is 16.3. The molecule has 0 atom stereocenters. The van der Waals surface area contributed by atoms with Gasteiger partial charge in [-0.3, -0.25) is 9.59 Å². The average Bonchev–Trinajstić information content (AvgIpc) is 2.60. The first-order valence-electron chi connectivity index (χ1n) is 7.17. The number of carbonyl (C=O) groups excluding carboxylic acids is 2. The van der Waals surface area contributed by atoms with E-state index in [2.05, 4.69) is 16.6 Å². The van der Waals surface area contributed by atoms with Crippen LogP contribution in [0.15, 0.2) is 48.5 Å². The third kappa shape index (κ3) is 4.45. The van der Waals surface area contributed by atoms with Gasteiger partial charge in [0.05, 0.1) is 13.5 Å². The Hall–Kier alpha value is -3.06. The van der Waals surface area contributed by atoms with Crippen molar-refractivity contribution in [3.63, 3.8) is 0 Å². The molecule has 2 N–H and O–H groups in total. The van der Waals surface area contributed by atoms with Gasteiger partial charge >= 0.3 is 5.97 Å². The van der Waals surface area contributed by atoms with Crippen LogP contribution in [-0.2, 0) is 9.53 Å². The quantitative estimate of drug-likeness (QED) is 0.408. The van der Waals surface area contributed by atoms with Crippen LogP contribution in [0.25, 0.3) is 0 Å². The van der Waals surface area contributed by atoms with E-state index < -0.39 is 0 Å². The molecule has 23 heavy (non-hydrogen) atoms. The Bertz CT molecular complexity index is 770. The van der Waals surface area contributed by atoms with E-state index >= 15 is 0 Å². The van der Waals surface area contributed by atoms with E-state index in [1.165, 1.54) is 7.11 Å². The maximum Gasteiger partial charge on any atom is 0.306 e. The lowest BCUT2D eigenvalue weighted by atomic mass is 10.0. The van der Waals surface area contributed by atoms with Crippen molar-refractivity contribution in [3.05, 3.63) is 65.2 Å². The zero-order valence-electron chi connectivity index (χ0n) is 12.8. The molecule has 0 amide bonds. The number of nitrogen functional groups attached to an aromatic ring is 1. The summed E-state index contributed by atoms with van der Waals surface area (Å²) >= 11 is 0. The van der Waals surface area contributed by atoms with Gasteiger partial charge in [0, 0.05) is 28.8 Å².